The Labute approximate surface area is 281 Å². The van der Waals surface area contributed by atoms with Crippen molar-refractivity contribution in [3.05, 3.63) is 46.0 Å². The predicted molar refractivity (Wildman–Crippen MR) is 190 cm³/mol. The van der Waals surface area contributed by atoms with Gasteiger partial charge in [0.25, 0.3) is 0 Å². The van der Waals surface area contributed by atoms with E-state index in [0.29, 0.717) is 33.7 Å². The van der Waals surface area contributed by atoms with Crippen molar-refractivity contribution in [2.45, 2.75) is 64.5 Å². The van der Waals surface area contributed by atoms with Gasteiger partial charge in [0.05, 0.1) is 11.8 Å². The maximum Gasteiger partial charge on any atom is 0.393 e. The SMILES string of the molecule is CNc1nc(NC2CCN(Cc3ccc4c(cc(C#N)n4CC(C)N4CCNCC4)c3C)CC2)c2cc(CC(F)(F)F)sc2n1.CP. The number of piperidine rings is 1. The number of nitrogens with one attached hydrogen (secondary N) is 3. The van der Waals surface area contributed by atoms with E-state index in [1.165, 1.54) is 11.1 Å². The molecule has 2 unspecified atom stereocenters. The standard InChI is InChI=1S/C32H40F3N9S.CH5P/c1-20(43-12-8-38-9-13-43)18-44-24(17-36)14-26-21(2)22(4-5-28(26)44)19-42-10-6-23(7-11-42)39-29-27-15-25(16-32(33,34)35)45-30(27)41-31(37-3)40-29;1-2/h4-5,14-15,20,23,38H,6-13,16,18-19H2,1-3H3,(H2,37,39,40,41);2H2,1H3. The Balaban J connectivity index is 0.00000213. The number of thiophene rings is 1. The first-order chi connectivity index (χ1) is 22.6. The van der Waals surface area contributed by atoms with Crippen molar-refractivity contribution < 1.29 is 13.2 Å². The van der Waals surface area contributed by atoms with E-state index in [-0.39, 0.29) is 10.9 Å². The van der Waals surface area contributed by atoms with Crippen molar-refractivity contribution in [3.63, 3.8) is 0 Å². The molecule has 4 aromatic rings. The van der Waals surface area contributed by atoms with Gasteiger partial charge in [0.1, 0.15) is 22.4 Å². The number of piperazine rings is 1. The van der Waals surface area contributed by atoms with E-state index in [0.717, 1.165) is 87.4 Å². The Morgan fingerprint density at radius 3 is 2.49 bits per heavy atom. The fourth-order valence-electron chi connectivity index (χ4n) is 6.63. The van der Waals surface area contributed by atoms with Gasteiger partial charge in [-0.2, -0.15) is 23.4 Å². The minimum Gasteiger partial charge on any atom is -0.367 e. The number of benzene rings is 1. The highest BCUT2D eigenvalue weighted by Gasteiger charge is 2.30. The summed E-state index contributed by atoms with van der Waals surface area (Å²) in [6.45, 7) is 13.8. The zero-order valence-corrected chi connectivity index (χ0v) is 29.5. The molecule has 254 valence electrons. The van der Waals surface area contributed by atoms with Gasteiger partial charge in [0.15, 0.2) is 0 Å². The molecule has 3 aromatic heterocycles. The molecule has 0 aliphatic carbocycles. The third kappa shape index (κ3) is 8.35. The number of likely N-dealkylation sites (tertiary alicyclic amines) is 1. The molecule has 14 heteroatoms. The molecular formula is C33H45F3N9PS. The van der Waals surface area contributed by atoms with Crippen LogP contribution in [0.2, 0.25) is 0 Å². The summed E-state index contributed by atoms with van der Waals surface area (Å²) in [5.41, 5.74) is 4.29. The fraction of sp³-hybridized carbons (Fsp3) is 0.545. The van der Waals surface area contributed by atoms with Gasteiger partial charge in [0, 0.05) is 87.3 Å². The van der Waals surface area contributed by atoms with Crippen molar-refractivity contribution in [1.82, 2.24) is 29.7 Å². The molecular weight excluding hydrogens is 642 g/mol. The Morgan fingerprint density at radius 2 is 1.83 bits per heavy atom. The van der Waals surface area contributed by atoms with Crippen LogP contribution in [0.3, 0.4) is 0 Å². The molecule has 0 saturated carbocycles. The Morgan fingerprint density at radius 1 is 1.11 bits per heavy atom. The lowest BCUT2D eigenvalue weighted by Crippen LogP contribution is -2.48. The van der Waals surface area contributed by atoms with Crippen LogP contribution in [-0.4, -0.2) is 95.6 Å². The summed E-state index contributed by atoms with van der Waals surface area (Å²) in [7, 11) is 4.12. The van der Waals surface area contributed by atoms with Gasteiger partial charge in [-0.1, -0.05) is 12.7 Å². The molecule has 0 spiro atoms. The number of fused-ring (bicyclic) bond motifs is 2. The summed E-state index contributed by atoms with van der Waals surface area (Å²) in [6.07, 6.45) is -3.46. The highest BCUT2D eigenvalue weighted by atomic mass is 32.1. The summed E-state index contributed by atoms with van der Waals surface area (Å²) >= 11 is 1.06. The van der Waals surface area contributed by atoms with E-state index in [4.69, 9.17) is 0 Å². The van der Waals surface area contributed by atoms with Gasteiger partial charge in [-0.3, -0.25) is 9.80 Å². The van der Waals surface area contributed by atoms with E-state index in [1.54, 1.807) is 13.1 Å². The summed E-state index contributed by atoms with van der Waals surface area (Å²) < 4.78 is 41.3. The highest BCUT2D eigenvalue weighted by Crippen LogP contribution is 2.35. The Kier molecular flexibility index (Phi) is 11.6. The Hall–Kier alpha value is -3.01. The first-order valence-corrected chi connectivity index (χ1v) is 18.2. The monoisotopic (exact) mass is 687 g/mol. The van der Waals surface area contributed by atoms with E-state index in [2.05, 4.69) is 81.6 Å². The molecule has 3 N–H and O–H groups in total. The van der Waals surface area contributed by atoms with Crippen LogP contribution in [0.15, 0.2) is 24.3 Å². The molecule has 2 fully saturated rings. The lowest BCUT2D eigenvalue weighted by Gasteiger charge is -2.33. The second kappa shape index (κ2) is 15.5. The normalized spacial score (nSPS) is 17.3. The topological polar surface area (TPSA) is 97.1 Å². The minimum atomic E-state index is -4.27. The number of nitrogens with zero attached hydrogens (tertiary/aromatic N) is 6. The van der Waals surface area contributed by atoms with Crippen LogP contribution in [0, 0.1) is 18.3 Å². The van der Waals surface area contributed by atoms with Gasteiger partial charge in [-0.05, 0) is 56.0 Å². The van der Waals surface area contributed by atoms with Crippen LogP contribution in [0.25, 0.3) is 21.1 Å². The van der Waals surface area contributed by atoms with Crippen LogP contribution < -0.4 is 16.0 Å². The van der Waals surface area contributed by atoms with Crippen molar-refractivity contribution in [2.75, 3.05) is 63.6 Å². The average Bonchev–Trinajstić information content (AvgIpc) is 3.64. The summed E-state index contributed by atoms with van der Waals surface area (Å²) in [5.74, 6) is 0.971. The molecule has 2 saturated heterocycles. The van der Waals surface area contributed by atoms with E-state index < -0.39 is 12.6 Å². The third-order valence-corrected chi connectivity index (χ3v) is 10.2. The van der Waals surface area contributed by atoms with Gasteiger partial charge < -0.3 is 20.5 Å². The lowest BCUT2D eigenvalue weighted by molar-refractivity contribution is -0.126. The second-order valence-electron chi connectivity index (χ2n) is 12.2. The van der Waals surface area contributed by atoms with Crippen molar-refractivity contribution in [1.29, 1.82) is 5.26 Å². The predicted octanol–water partition coefficient (Wildman–Crippen LogP) is 5.83. The lowest BCUT2D eigenvalue weighted by atomic mass is 10.0. The second-order valence-corrected chi connectivity index (χ2v) is 13.3. The molecule has 47 heavy (non-hydrogen) atoms. The zero-order valence-electron chi connectivity index (χ0n) is 27.5. The van der Waals surface area contributed by atoms with Gasteiger partial charge in [-0.25, -0.2) is 4.98 Å². The molecule has 1 aromatic carbocycles. The number of aromatic nitrogens is 3. The maximum absolute atomic E-state index is 13.0. The number of hydrogen-bond donors (Lipinski definition) is 3. The van der Waals surface area contributed by atoms with Crippen molar-refractivity contribution >= 4 is 53.5 Å². The van der Waals surface area contributed by atoms with Crippen LogP contribution >= 0.6 is 20.6 Å². The van der Waals surface area contributed by atoms with Crippen molar-refractivity contribution in [2.24, 2.45) is 0 Å². The highest BCUT2D eigenvalue weighted by molar-refractivity contribution is 7.18. The molecule has 5 heterocycles. The summed E-state index contributed by atoms with van der Waals surface area (Å²) in [6, 6.07) is 10.9. The minimum absolute atomic E-state index is 0.156. The number of hydrogen-bond acceptors (Lipinski definition) is 9. The molecule has 9 nitrogen and oxygen atoms in total. The molecule has 2 aliphatic heterocycles. The number of nitriles is 1. The molecule has 2 atom stereocenters. The van der Waals surface area contributed by atoms with Gasteiger partial charge in [-0.15, -0.1) is 20.6 Å². The fourth-order valence-corrected chi connectivity index (χ4v) is 7.69. The molecule has 6 rings (SSSR count). The average molecular weight is 688 g/mol. The number of halogens is 3. The maximum atomic E-state index is 13.0. The van der Waals surface area contributed by atoms with Crippen molar-refractivity contribution in [3.8, 4) is 6.07 Å². The van der Waals surface area contributed by atoms with Crippen LogP contribution in [-0.2, 0) is 19.5 Å². The molecule has 0 bridgehead atoms. The molecule has 0 amide bonds. The van der Waals surface area contributed by atoms with Crippen LogP contribution in [0.5, 0.6) is 0 Å². The van der Waals surface area contributed by atoms with E-state index in [9.17, 15) is 18.4 Å². The summed E-state index contributed by atoms with van der Waals surface area (Å²) in [4.78, 5) is 14.7. The van der Waals surface area contributed by atoms with Gasteiger partial charge >= 0.3 is 6.18 Å². The zero-order chi connectivity index (χ0) is 33.7. The smallest absolute Gasteiger partial charge is 0.367 e. The number of aryl methyl sites for hydroxylation is 1. The summed E-state index contributed by atoms with van der Waals surface area (Å²) in [5, 5.41) is 21.6. The molecule has 2 aliphatic rings. The Bertz CT molecular complexity index is 1700. The van der Waals surface area contributed by atoms with Crippen LogP contribution in [0.1, 0.15) is 41.5 Å². The number of alkyl halides is 3. The third-order valence-electron chi connectivity index (χ3n) is 9.17. The quantitative estimate of drug-likeness (QED) is 0.189. The van der Waals surface area contributed by atoms with E-state index >= 15 is 0 Å². The van der Waals surface area contributed by atoms with Gasteiger partial charge in [0.2, 0.25) is 5.95 Å². The number of rotatable bonds is 9. The first-order valence-electron chi connectivity index (χ1n) is 16.2. The van der Waals surface area contributed by atoms with Crippen LogP contribution in [0.4, 0.5) is 24.9 Å². The van der Waals surface area contributed by atoms with E-state index in [1.807, 2.05) is 12.7 Å². The largest absolute Gasteiger partial charge is 0.393 e. The number of anilines is 2. The first kappa shape index (κ1) is 35.3. The molecule has 0 radical (unpaired) electrons.